The molecule has 0 aromatic carbocycles. The van der Waals surface area contributed by atoms with Gasteiger partial charge < -0.3 is 15.6 Å². The number of aldehydes is 1. The molecule has 0 amide bonds. The van der Waals surface area contributed by atoms with Crippen molar-refractivity contribution in [3.63, 3.8) is 0 Å². The Balaban J connectivity index is 3.69. The summed E-state index contributed by atoms with van der Waals surface area (Å²) >= 11 is 0. The van der Waals surface area contributed by atoms with Crippen LogP contribution in [-0.4, -0.2) is 23.5 Å². The van der Waals surface area contributed by atoms with E-state index in [-0.39, 0.29) is 12.0 Å². The Kier molecular flexibility index (Phi) is 9.15. The molecule has 0 saturated carbocycles. The Morgan fingerprint density at radius 3 is 2.62 bits per heavy atom. The van der Waals surface area contributed by atoms with Gasteiger partial charge in [0.15, 0.2) is 0 Å². The number of allylic oxidation sites excluding steroid dienone is 1. The van der Waals surface area contributed by atoms with Crippen LogP contribution in [0.15, 0.2) is 12.2 Å². The van der Waals surface area contributed by atoms with Gasteiger partial charge in [-0.25, -0.2) is 0 Å². The minimum Gasteiger partial charge on any atom is -0.385 e. The van der Waals surface area contributed by atoms with Crippen LogP contribution in [0.3, 0.4) is 0 Å². The highest BCUT2D eigenvalue weighted by Gasteiger charge is 2.10. The van der Waals surface area contributed by atoms with E-state index in [4.69, 9.17) is 5.73 Å². The number of aliphatic hydroxyl groups excluding tert-OH is 1. The fraction of sp³-hybridized carbons (Fsp3) is 0.769. The first-order valence-corrected chi connectivity index (χ1v) is 6.17. The van der Waals surface area contributed by atoms with E-state index in [1.165, 1.54) is 12.8 Å². The third-order valence-electron chi connectivity index (χ3n) is 2.75. The lowest BCUT2D eigenvalue weighted by Crippen LogP contribution is -2.19. The van der Waals surface area contributed by atoms with Crippen LogP contribution in [0, 0.1) is 5.92 Å². The highest BCUT2D eigenvalue weighted by molar-refractivity contribution is 5.55. The second-order valence-corrected chi connectivity index (χ2v) is 4.43. The maximum atomic E-state index is 10.3. The van der Waals surface area contributed by atoms with Crippen molar-refractivity contribution in [3.05, 3.63) is 12.2 Å². The Bertz CT molecular complexity index is 204. The van der Waals surface area contributed by atoms with Crippen LogP contribution in [-0.2, 0) is 4.79 Å². The van der Waals surface area contributed by atoms with Crippen molar-refractivity contribution in [1.29, 1.82) is 0 Å². The fourth-order valence-corrected chi connectivity index (χ4v) is 1.47. The number of carbonyl (C=O) groups is 1. The van der Waals surface area contributed by atoms with Crippen molar-refractivity contribution >= 4 is 6.29 Å². The van der Waals surface area contributed by atoms with Crippen molar-refractivity contribution in [2.24, 2.45) is 11.7 Å². The van der Waals surface area contributed by atoms with Gasteiger partial charge in [0.2, 0.25) is 0 Å². The van der Waals surface area contributed by atoms with Crippen LogP contribution in [0.1, 0.15) is 46.0 Å². The van der Waals surface area contributed by atoms with Crippen LogP contribution in [0.5, 0.6) is 0 Å². The summed E-state index contributed by atoms with van der Waals surface area (Å²) < 4.78 is 0. The third kappa shape index (κ3) is 7.60. The molecule has 0 aromatic rings. The largest absolute Gasteiger partial charge is 0.385 e. The predicted octanol–water partition coefficient (Wildman–Crippen LogP) is 2.04. The summed E-state index contributed by atoms with van der Waals surface area (Å²) in [4.78, 5) is 10.3. The van der Waals surface area contributed by atoms with E-state index < -0.39 is 6.10 Å². The number of hydrogen-bond acceptors (Lipinski definition) is 3. The average Bonchev–Trinajstić information content (AvgIpc) is 2.28. The molecule has 0 heterocycles. The summed E-state index contributed by atoms with van der Waals surface area (Å²) in [5.41, 5.74) is 5.89. The lowest BCUT2D eigenvalue weighted by atomic mass is 10.0. The Morgan fingerprint density at radius 2 is 2.06 bits per heavy atom. The third-order valence-corrected chi connectivity index (χ3v) is 2.75. The van der Waals surface area contributed by atoms with Gasteiger partial charge in [-0.1, -0.05) is 45.3 Å². The zero-order valence-corrected chi connectivity index (χ0v) is 10.4. The zero-order chi connectivity index (χ0) is 12.4. The number of rotatable bonds is 9. The fourth-order valence-electron chi connectivity index (χ4n) is 1.47. The smallest absolute Gasteiger partial charge is 0.148 e. The van der Waals surface area contributed by atoms with E-state index in [0.717, 1.165) is 12.8 Å². The van der Waals surface area contributed by atoms with Gasteiger partial charge in [0.1, 0.15) is 12.4 Å². The first-order valence-electron chi connectivity index (χ1n) is 6.17. The van der Waals surface area contributed by atoms with E-state index in [1.807, 2.05) is 19.1 Å². The van der Waals surface area contributed by atoms with Crippen molar-refractivity contribution in [1.82, 2.24) is 0 Å². The predicted molar refractivity (Wildman–Crippen MR) is 67.1 cm³/mol. The molecule has 16 heavy (non-hydrogen) atoms. The van der Waals surface area contributed by atoms with E-state index in [0.29, 0.717) is 12.7 Å². The number of hydrogen-bond donors (Lipinski definition) is 2. The van der Waals surface area contributed by atoms with Gasteiger partial charge in [0.05, 0.1) is 0 Å². The minimum atomic E-state index is -0.860. The summed E-state index contributed by atoms with van der Waals surface area (Å²) in [5, 5.41) is 9.23. The first kappa shape index (κ1) is 15.3. The molecule has 0 spiro atoms. The van der Waals surface area contributed by atoms with E-state index in [1.54, 1.807) is 0 Å². The van der Waals surface area contributed by atoms with Gasteiger partial charge in [-0.3, -0.25) is 0 Å². The van der Waals surface area contributed by atoms with Crippen LogP contribution >= 0.6 is 0 Å². The summed E-state index contributed by atoms with van der Waals surface area (Å²) in [6.07, 6.45) is 8.96. The number of aliphatic hydroxyl groups is 1. The molecular formula is C13H25NO2. The molecule has 3 heteroatoms. The van der Waals surface area contributed by atoms with Gasteiger partial charge >= 0.3 is 0 Å². The topological polar surface area (TPSA) is 63.3 Å². The summed E-state index contributed by atoms with van der Waals surface area (Å²) in [7, 11) is 0. The summed E-state index contributed by atoms with van der Waals surface area (Å²) in [5.74, 6) is -0.0309. The number of unbranched alkanes of at least 4 members (excludes halogenated alkanes) is 2. The van der Waals surface area contributed by atoms with Crippen molar-refractivity contribution in [2.45, 2.75) is 58.1 Å². The lowest BCUT2D eigenvalue weighted by molar-refractivity contribution is -0.116. The normalized spacial score (nSPS) is 17.2. The van der Waals surface area contributed by atoms with E-state index >= 15 is 0 Å². The number of nitrogens with two attached hydrogens (primary N) is 1. The number of carbonyl (C=O) groups excluding carboxylic acids is 1. The highest BCUT2D eigenvalue weighted by atomic mass is 16.3. The second-order valence-electron chi connectivity index (χ2n) is 4.43. The molecule has 0 aliphatic heterocycles. The maximum Gasteiger partial charge on any atom is 0.148 e. The molecule has 0 radical (unpaired) electrons. The molecule has 3 atom stereocenters. The van der Waals surface area contributed by atoms with Crippen LogP contribution in [0.2, 0.25) is 0 Å². The first-order chi connectivity index (χ1) is 7.61. The molecule has 0 rings (SSSR count). The maximum absolute atomic E-state index is 10.3. The van der Waals surface area contributed by atoms with E-state index in [2.05, 4.69) is 6.92 Å². The quantitative estimate of drug-likeness (QED) is 0.360. The molecule has 0 fully saturated rings. The molecule has 0 bridgehead atoms. The molecule has 3 nitrogen and oxygen atoms in total. The minimum absolute atomic E-state index is 0.0309. The summed E-state index contributed by atoms with van der Waals surface area (Å²) in [6, 6.07) is 0.104. The van der Waals surface area contributed by atoms with Gasteiger partial charge in [-0.05, 0) is 18.8 Å². The standard InChI is InChI=1S/C13H25NO2/c1-3-4-5-8-12(14)9-6-7-11(2)13(16)10-15/h6,9-13,16H,3-5,7-8,14H2,1-2H3/b9-6+. The highest BCUT2D eigenvalue weighted by Crippen LogP contribution is 2.08. The lowest BCUT2D eigenvalue weighted by Gasteiger charge is -2.11. The van der Waals surface area contributed by atoms with Crippen molar-refractivity contribution in [3.8, 4) is 0 Å². The van der Waals surface area contributed by atoms with E-state index in [9.17, 15) is 9.90 Å². The SMILES string of the molecule is CCCCCC(N)/C=C/CC(C)C(O)C=O. The van der Waals surface area contributed by atoms with Gasteiger partial charge in [-0.15, -0.1) is 0 Å². The van der Waals surface area contributed by atoms with Gasteiger partial charge in [-0.2, -0.15) is 0 Å². The molecule has 0 aliphatic rings. The Morgan fingerprint density at radius 1 is 1.38 bits per heavy atom. The molecule has 0 aromatic heterocycles. The molecule has 0 aliphatic carbocycles. The van der Waals surface area contributed by atoms with Crippen LogP contribution in [0.4, 0.5) is 0 Å². The molecule has 0 saturated heterocycles. The Labute approximate surface area is 98.7 Å². The molecule has 3 unspecified atom stereocenters. The van der Waals surface area contributed by atoms with Gasteiger partial charge in [0, 0.05) is 6.04 Å². The van der Waals surface area contributed by atoms with Gasteiger partial charge in [0.25, 0.3) is 0 Å². The molecule has 3 N–H and O–H groups in total. The average molecular weight is 227 g/mol. The van der Waals surface area contributed by atoms with Crippen molar-refractivity contribution in [2.75, 3.05) is 0 Å². The zero-order valence-electron chi connectivity index (χ0n) is 10.4. The molecule has 94 valence electrons. The van der Waals surface area contributed by atoms with Crippen LogP contribution < -0.4 is 5.73 Å². The Hall–Kier alpha value is -0.670. The van der Waals surface area contributed by atoms with Crippen LogP contribution in [0.25, 0.3) is 0 Å². The molecular weight excluding hydrogens is 202 g/mol. The second kappa shape index (κ2) is 9.55. The monoisotopic (exact) mass is 227 g/mol. The van der Waals surface area contributed by atoms with Crippen molar-refractivity contribution < 1.29 is 9.90 Å². The summed E-state index contributed by atoms with van der Waals surface area (Å²) in [6.45, 7) is 4.02.